The summed E-state index contributed by atoms with van der Waals surface area (Å²) in [5.74, 6) is -2.70. The summed E-state index contributed by atoms with van der Waals surface area (Å²) < 4.78 is 19.6. The van der Waals surface area contributed by atoms with E-state index in [1.54, 1.807) is 6.07 Å². The maximum Gasteiger partial charge on any atom is 0.301 e. The third kappa shape index (κ3) is 3.77. The highest BCUT2D eigenvalue weighted by Crippen LogP contribution is 2.46. The minimum atomic E-state index is -1.06. The van der Waals surface area contributed by atoms with Crippen LogP contribution in [0.1, 0.15) is 28.3 Å². The summed E-state index contributed by atoms with van der Waals surface area (Å²) in [6, 6.07) is 12.3. The number of aliphatic hydroxyl groups excluding tert-OH is 1. The van der Waals surface area contributed by atoms with Crippen LogP contribution in [0.25, 0.3) is 16.0 Å². The number of aliphatic hydroxyl groups is 1. The van der Waals surface area contributed by atoms with Crippen LogP contribution >= 0.6 is 11.3 Å². The molecule has 1 aliphatic heterocycles. The predicted molar refractivity (Wildman–Crippen MR) is 135 cm³/mol. The highest BCUT2D eigenvalue weighted by Gasteiger charge is 2.48. The number of halogens is 1. The number of hydrogen-bond donors (Lipinski definition) is 2. The second kappa shape index (κ2) is 8.76. The first-order chi connectivity index (χ1) is 17.2. The fraction of sp³-hybridized carbons (Fsp3) is 0.148. The molecule has 3 aromatic carbocycles. The van der Waals surface area contributed by atoms with E-state index in [0.29, 0.717) is 11.1 Å². The topological polar surface area (TPSA) is 100.0 Å². The van der Waals surface area contributed by atoms with Gasteiger partial charge in [-0.2, -0.15) is 0 Å². The number of nitrogens with zero attached hydrogens (tertiary/aromatic N) is 2. The Morgan fingerprint density at radius 1 is 1.08 bits per heavy atom. The Kier molecular flexibility index (Phi) is 5.72. The lowest BCUT2D eigenvalue weighted by molar-refractivity contribution is -0.132. The van der Waals surface area contributed by atoms with E-state index in [0.717, 1.165) is 28.0 Å². The van der Waals surface area contributed by atoms with E-state index in [-0.39, 0.29) is 27.8 Å². The number of thiazole rings is 1. The molecule has 4 aromatic rings. The van der Waals surface area contributed by atoms with Crippen LogP contribution in [0.4, 0.5) is 9.52 Å². The number of phenols is 1. The van der Waals surface area contributed by atoms with Crippen molar-refractivity contribution >= 4 is 44.1 Å². The molecule has 0 saturated carbocycles. The van der Waals surface area contributed by atoms with Gasteiger partial charge >= 0.3 is 5.91 Å². The summed E-state index contributed by atoms with van der Waals surface area (Å²) in [5, 5.41) is 21.6. The number of methoxy groups -OCH3 is 1. The minimum absolute atomic E-state index is 0.122. The average molecular weight is 505 g/mol. The van der Waals surface area contributed by atoms with Crippen molar-refractivity contribution < 1.29 is 28.9 Å². The average Bonchev–Trinajstić information content (AvgIpc) is 3.38. The molecule has 1 amide bonds. The molecule has 0 bridgehead atoms. The molecule has 1 aliphatic rings. The van der Waals surface area contributed by atoms with Crippen LogP contribution in [-0.4, -0.2) is 34.0 Å². The lowest BCUT2D eigenvalue weighted by Gasteiger charge is -2.23. The predicted octanol–water partition coefficient (Wildman–Crippen LogP) is 5.39. The number of ether oxygens (including phenoxy) is 1. The van der Waals surface area contributed by atoms with Crippen molar-refractivity contribution in [1.82, 2.24) is 4.98 Å². The number of benzene rings is 3. The molecule has 1 aromatic heterocycles. The third-order valence-corrected chi connectivity index (χ3v) is 7.11. The summed E-state index contributed by atoms with van der Waals surface area (Å²) in [6.45, 7) is 3.88. The van der Waals surface area contributed by atoms with Crippen molar-refractivity contribution in [2.75, 3.05) is 12.0 Å². The lowest BCUT2D eigenvalue weighted by Crippen LogP contribution is -2.29. The Hall–Kier alpha value is -4.24. The van der Waals surface area contributed by atoms with Crippen LogP contribution in [0.15, 0.2) is 60.2 Å². The number of carbonyl (C=O) groups excluding carboxylic acids is 2. The molecule has 0 radical (unpaired) electrons. The Morgan fingerprint density at radius 3 is 2.50 bits per heavy atom. The maximum atomic E-state index is 13.5. The number of aromatic hydroxyl groups is 1. The summed E-state index contributed by atoms with van der Waals surface area (Å²) in [7, 11) is 1.38. The molecule has 7 nitrogen and oxygen atoms in total. The summed E-state index contributed by atoms with van der Waals surface area (Å²) in [6.07, 6.45) is 0. The van der Waals surface area contributed by atoms with Gasteiger partial charge in [0.15, 0.2) is 16.6 Å². The monoisotopic (exact) mass is 504 g/mol. The third-order valence-electron chi connectivity index (χ3n) is 6.11. The summed E-state index contributed by atoms with van der Waals surface area (Å²) >= 11 is 1.26. The Morgan fingerprint density at radius 2 is 1.81 bits per heavy atom. The van der Waals surface area contributed by atoms with Gasteiger partial charge in [-0.25, -0.2) is 9.37 Å². The highest BCUT2D eigenvalue weighted by molar-refractivity contribution is 7.22. The van der Waals surface area contributed by atoms with E-state index in [9.17, 15) is 24.2 Å². The number of Topliss-reactive ketones (excluding diaryl/α,β-unsaturated/α-hetero) is 1. The van der Waals surface area contributed by atoms with Crippen LogP contribution in [-0.2, 0) is 9.59 Å². The minimum Gasteiger partial charge on any atom is -0.507 e. The first-order valence-electron chi connectivity index (χ1n) is 11.0. The van der Waals surface area contributed by atoms with Gasteiger partial charge in [0.05, 0.1) is 28.9 Å². The van der Waals surface area contributed by atoms with Gasteiger partial charge in [0, 0.05) is 5.56 Å². The number of carbonyl (C=O) groups is 2. The van der Waals surface area contributed by atoms with E-state index in [2.05, 4.69) is 4.98 Å². The van der Waals surface area contributed by atoms with Crippen molar-refractivity contribution in [1.29, 1.82) is 0 Å². The summed E-state index contributed by atoms with van der Waals surface area (Å²) in [5.41, 5.74) is 3.10. The van der Waals surface area contributed by atoms with Gasteiger partial charge in [0.2, 0.25) is 0 Å². The highest BCUT2D eigenvalue weighted by atomic mass is 32.1. The van der Waals surface area contributed by atoms with Crippen LogP contribution in [0.2, 0.25) is 0 Å². The zero-order valence-electron chi connectivity index (χ0n) is 19.6. The normalized spacial score (nSPS) is 17.2. The van der Waals surface area contributed by atoms with Gasteiger partial charge < -0.3 is 14.9 Å². The number of phenolic OH excluding ortho intramolecular Hbond substituents is 1. The largest absolute Gasteiger partial charge is 0.507 e. The molecule has 36 heavy (non-hydrogen) atoms. The Bertz CT molecular complexity index is 1580. The number of aromatic nitrogens is 1. The molecule has 2 heterocycles. The smallest absolute Gasteiger partial charge is 0.301 e. The number of amides is 1. The van der Waals surface area contributed by atoms with Crippen molar-refractivity contribution in [2.45, 2.75) is 19.9 Å². The molecule has 0 spiro atoms. The number of hydrogen-bond acceptors (Lipinski definition) is 7. The number of ketones is 1. The quantitative estimate of drug-likeness (QED) is 0.220. The first-order valence-corrected chi connectivity index (χ1v) is 11.8. The van der Waals surface area contributed by atoms with E-state index >= 15 is 0 Å². The SMILES string of the molecule is COc1cc(C2/C(=C(\O)c3ccc(F)cc3)C(=O)C(=O)N2c2nc3c(C)cc(C)cc3s2)ccc1O. The number of anilines is 1. The molecule has 1 unspecified atom stereocenters. The maximum absolute atomic E-state index is 13.5. The van der Waals surface area contributed by atoms with E-state index < -0.39 is 29.3 Å². The molecule has 1 fully saturated rings. The molecule has 1 atom stereocenters. The van der Waals surface area contributed by atoms with Crippen molar-refractivity contribution in [3.05, 3.63) is 88.2 Å². The lowest BCUT2D eigenvalue weighted by atomic mass is 9.95. The molecular formula is C27H21FN2O5S. The fourth-order valence-electron chi connectivity index (χ4n) is 4.43. The van der Waals surface area contributed by atoms with Crippen molar-refractivity contribution in [3.8, 4) is 11.5 Å². The second-order valence-corrected chi connectivity index (χ2v) is 9.54. The zero-order chi connectivity index (χ0) is 25.7. The van der Waals surface area contributed by atoms with Crippen LogP contribution in [0.5, 0.6) is 11.5 Å². The van der Waals surface area contributed by atoms with Crippen LogP contribution < -0.4 is 9.64 Å². The second-order valence-electron chi connectivity index (χ2n) is 8.53. The fourth-order valence-corrected chi connectivity index (χ4v) is 5.60. The molecule has 9 heteroatoms. The van der Waals surface area contributed by atoms with E-state index in [1.165, 1.54) is 47.6 Å². The Labute approximate surface area is 209 Å². The van der Waals surface area contributed by atoms with E-state index in [4.69, 9.17) is 4.74 Å². The van der Waals surface area contributed by atoms with Crippen LogP contribution in [0.3, 0.4) is 0 Å². The number of fused-ring (bicyclic) bond motifs is 1. The number of rotatable bonds is 4. The molecular weight excluding hydrogens is 483 g/mol. The van der Waals surface area contributed by atoms with Gasteiger partial charge in [-0.1, -0.05) is 23.5 Å². The molecule has 5 rings (SSSR count). The van der Waals surface area contributed by atoms with E-state index in [1.807, 2.05) is 26.0 Å². The zero-order valence-corrected chi connectivity index (χ0v) is 20.4. The molecule has 1 saturated heterocycles. The molecule has 182 valence electrons. The van der Waals surface area contributed by atoms with Gasteiger partial charge in [0.25, 0.3) is 5.78 Å². The summed E-state index contributed by atoms with van der Waals surface area (Å²) in [4.78, 5) is 32.6. The van der Waals surface area contributed by atoms with Gasteiger partial charge in [-0.05, 0) is 73.0 Å². The van der Waals surface area contributed by atoms with Gasteiger partial charge in [-0.15, -0.1) is 0 Å². The molecule has 2 N–H and O–H groups in total. The molecule has 0 aliphatic carbocycles. The van der Waals surface area contributed by atoms with Gasteiger partial charge in [0.1, 0.15) is 11.6 Å². The van der Waals surface area contributed by atoms with Crippen molar-refractivity contribution in [3.63, 3.8) is 0 Å². The number of aryl methyl sites for hydroxylation is 2. The van der Waals surface area contributed by atoms with Gasteiger partial charge in [-0.3, -0.25) is 14.5 Å². The first kappa shape index (κ1) is 23.5. The van der Waals surface area contributed by atoms with Crippen LogP contribution in [0, 0.1) is 19.7 Å². The van der Waals surface area contributed by atoms with Crippen molar-refractivity contribution in [2.24, 2.45) is 0 Å². The Balaban J connectivity index is 1.76. The standard InChI is InChI=1S/C27H21FN2O5S/c1-13-10-14(2)22-20(11-13)36-27(29-22)30-23(16-6-9-18(31)19(12-16)35-3)21(25(33)26(30)34)24(32)15-4-7-17(28)8-5-15/h4-12,23,31-32H,1-3H3/b24-21+.